The third-order valence-corrected chi connectivity index (χ3v) is 5.79. The van der Waals surface area contributed by atoms with Crippen LogP contribution in [0, 0.1) is 5.82 Å². The summed E-state index contributed by atoms with van der Waals surface area (Å²) in [5.74, 6) is 1.04. The average Bonchev–Trinajstić information content (AvgIpc) is 3.20. The quantitative estimate of drug-likeness (QED) is 0.478. The molecule has 3 aromatic rings. The summed E-state index contributed by atoms with van der Waals surface area (Å²) in [4.78, 5) is 5.01. The number of furan rings is 1. The van der Waals surface area contributed by atoms with Gasteiger partial charge in [-0.05, 0) is 54.6 Å². The van der Waals surface area contributed by atoms with E-state index in [4.69, 9.17) is 39.8 Å². The number of benzene rings is 2. The molecule has 0 N–H and O–H groups in total. The summed E-state index contributed by atoms with van der Waals surface area (Å²) in [7, 11) is 0. The van der Waals surface area contributed by atoms with Crippen molar-refractivity contribution in [1.29, 1.82) is 0 Å². The van der Waals surface area contributed by atoms with Gasteiger partial charge in [-0.25, -0.2) is 4.39 Å². The lowest BCUT2D eigenvalue weighted by Crippen LogP contribution is -2.48. The molecule has 1 saturated heterocycles. The van der Waals surface area contributed by atoms with E-state index in [9.17, 15) is 4.39 Å². The van der Waals surface area contributed by atoms with Crippen molar-refractivity contribution in [2.75, 3.05) is 31.1 Å². The molecule has 0 radical (unpaired) electrons. The highest BCUT2D eigenvalue weighted by Gasteiger charge is 2.22. The zero-order valence-electron chi connectivity index (χ0n) is 14.9. The van der Waals surface area contributed by atoms with Crippen LogP contribution in [0.2, 0.25) is 10.0 Å². The van der Waals surface area contributed by atoms with Gasteiger partial charge in [-0.15, -0.1) is 0 Å². The smallest absolute Gasteiger partial charge is 0.162 e. The Hall–Kier alpha value is -2.08. The van der Waals surface area contributed by atoms with Gasteiger partial charge in [-0.2, -0.15) is 0 Å². The lowest BCUT2D eigenvalue weighted by Gasteiger charge is -2.37. The second-order valence-corrected chi connectivity index (χ2v) is 7.77. The summed E-state index contributed by atoms with van der Waals surface area (Å²) >= 11 is 18.0. The number of hydrogen-bond acceptors (Lipinski definition) is 3. The maximum atomic E-state index is 13.1. The van der Waals surface area contributed by atoms with Gasteiger partial charge in [0.2, 0.25) is 0 Å². The molecule has 1 aliphatic rings. The van der Waals surface area contributed by atoms with Crippen LogP contribution in [0.1, 0.15) is 5.76 Å². The van der Waals surface area contributed by atoms with Crippen LogP contribution in [0.25, 0.3) is 11.3 Å². The number of hydrogen-bond donors (Lipinski definition) is 0. The first-order valence-corrected chi connectivity index (χ1v) is 10.0. The molecule has 1 aromatic heterocycles. The minimum atomic E-state index is -0.225. The lowest BCUT2D eigenvalue weighted by molar-refractivity contribution is 0.385. The third-order valence-electron chi connectivity index (χ3n) is 4.77. The van der Waals surface area contributed by atoms with E-state index in [1.807, 2.05) is 12.1 Å². The molecule has 0 atom stereocenters. The van der Waals surface area contributed by atoms with E-state index in [2.05, 4.69) is 9.80 Å². The molecule has 1 aliphatic heterocycles. The van der Waals surface area contributed by atoms with Gasteiger partial charge in [-0.1, -0.05) is 35.4 Å². The van der Waals surface area contributed by atoms with Crippen molar-refractivity contribution in [3.63, 3.8) is 0 Å². The van der Waals surface area contributed by atoms with Crippen molar-refractivity contribution in [2.45, 2.75) is 0 Å². The van der Waals surface area contributed by atoms with Gasteiger partial charge in [0.05, 0.1) is 5.02 Å². The summed E-state index contributed by atoms with van der Waals surface area (Å²) < 4.78 is 19.1. The van der Waals surface area contributed by atoms with E-state index >= 15 is 0 Å². The number of thiocarbonyl (C=S) groups is 1. The Labute approximate surface area is 178 Å². The Morgan fingerprint density at radius 3 is 2.36 bits per heavy atom. The Balaban J connectivity index is 1.44. The molecule has 0 saturated carbocycles. The number of piperazine rings is 1. The van der Waals surface area contributed by atoms with Crippen molar-refractivity contribution in [3.05, 3.63) is 76.2 Å². The first-order chi connectivity index (χ1) is 13.5. The van der Waals surface area contributed by atoms with Gasteiger partial charge >= 0.3 is 0 Å². The number of rotatable bonds is 3. The van der Waals surface area contributed by atoms with E-state index < -0.39 is 0 Å². The second kappa shape index (κ2) is 8.11. The lowest BCUT2D eigenvalue weighted by atomic mass is 10.2. The van der Waals surface area contributed by atoms with Crippen molar-refractivity contribution in [1.82, 2.24) is 4.90 Å². The molecule has 2 aromatic carbocycles. The van der Waals surface area contributed by atoms with Crippen LogP contribution in [-0.4, -0.2) is 36.1 Å². The van der Waals surface area contributed by atoms with Gasteiger partial charge in [0.1, 0.15) is 16.6 Å². The highest BCUT2D eigenvalue weighted by molar-refractivity contribution is 7.80. The SMILES string of the molecule is Fc1ccc(N2CCN(C(=S)c3ccc(-c4cc(Cl)ccc4Cl)o3)CC2)cc1. The topological polar surface area (TPSA) is 19.6 Å². The molecule has 0 aliphatic carbocycles. The van der Waals surface area contributed by atoms with Crippen molar-refractivity contribution in [2.24, 2.45) is 0 Å². The molecule has 1 fully saturated rings. The zero-order chi connectivity index (χ0) is 19.7. The fraction of sp³-hybridized carbons (Fsp3) is 0.190. The second-order valence-electron chi connectivity index (χ2n) is 6.54. The fourth-order valence-corrected chi connectivity index (χ4v) is 3.93. The minimum Gasteiger partial charge on any atom is -0.454 e. The monoisotopic (exact) mass is 434 g/mol. The van der Waals surface area contributed by atoms with Crippen molar-refractivity contribution >= 4 is 46.1 Å². The summed E-state index contributed by atoms with van der Waals surface area (Å²) in [6, 6.07) is 15.5. The number of anilines is 1. The van der Waals surface area contributed by atoms with E-state index in [1.54, 1.807) is 30.3 Å². The minimum absolute atomic E-state index is 0.225. The van der Waals surface area contributed by atoms with E-state index in [1.165, 1.54) is 12.1 Å². The Morgan fingerprint density at radius 2 is 1.64 bits per heavy atom. The van der Waals surface area contributed by atoms with Crippen molar-refractivity contribution < 1.29 is 8.81 Å². The average molecular weight is 435 g/mol. The van der Waals surface area contributed by atoms with Crippen LogP contribution in [0.5, 0.6) is 0 Å². The van der Waals surface area contributed by atoms with Gasteiger partial charge in [0, 0.05) is 42.5 Å². The van der Waals surface area contributed by atoms with Crippen LogP contribution in [-0.2, 0) is 0 Å². The third kappa shape index (κ3) is 4.02. The fourth-order valence-electron chi connectivity index (χ4n) is 3.26. The first-order valence-electron chi connectivity index (χ1n) is 8.86. The van der Waals surface area contributed by atoms with E-state index in [0.717, 1.165) is 37.4 Å². The Bertz CT molecular complexity index is 998. The normalized spacial score (nSPS) is 14.4. The highest BCUT2D eigenvalue weighted by atomic mass is 35.5. The van der Waals surface area contributed by atoms with Gasteiger partial charge < -0.3 is 14.2 Å². The van der Waals surface area contributed by atoms with E-state index in [-0.39, 0.29) is 5.82 Å². The number of halogens is 3. The maximum Gasteiger partial charge on any atom is 0.162 e. The maximum absolute atomic E-state index is 13.1. The Morgan fingerprint density at radius 1 is 0.929 bits per heavy atom. The molecule has 4 rings (SSSR count). The Kier molecular flexibility index (Phi) is 5.58. The van der Waals surface area contributed by atoms with Crippen LogP contribution in [0.15, 0.2) is 59.0 Å². The highest BCUT2D eigenvalue weighted by Crippen LogP contribution is 2.32. The van der Waals surface area contributed by atoms with Crippen LogP contribution >= 0.6 is 35.4 Å². The summed E-state index contributed by atoms with van der Waals surface area (Å²) in [5.41, 5.74) is 1.76. The van der Waals surface area contributed by atoms with Crippen molar-refractivity contribution in [3.8, 4) is 11.3 Å². The largest absolute Gasteiger partial charge is 0.454 e. The van der Waals surface area contributed by atoms with Gasteiger partial charge in [0.25, 0.3) is 0 Å². The molecule has 144 valence electrons. The van der Waals surface area contributed by atoms with Gasteiger partial charge in [0.15, 0.2) is 5.76 Å². The zero-order valence-corrected chi connectivity index (χ0v) is 17.2. The molecule has 0 unspecified atom stereocenters. The first kappa shape index (κ1) is 19.2. The van der Waals surface area contributed by atoms with E-state index in [0.29, 0.717) is 26.6 Å². The molecule has 2 heterocycles. The number of nitrogens with zero attached hydrogens (tertiary/aromatic N) is 2. The van der Waals surface area contributed by atoms with Gasteiger partial charge in [-0.3, -0.25) is 0 Å². The molecule has 0 amide bonds. The molecular weight excluding hydrogens is 418 g/mol. The summed E-state index contributed by atoms with van der Waals surface area (Å²) in [6.45, 7) is 3.15. The van der Waals surface area contributed by atoms with Crippen LogP contribution in [0.4, 0.5) is 10.1 Å². The summed E-state index contributed by atoms with van der Waals surface area (Å²) in [5, 5.41) is 1.17. The molecule has 7 heteroatoms. The molecular formula is C21H17Cl2FN2OS. The molecule has 3 nitrogen and oxygen atoms in total. The van der Waals surface area contributed by atoms with Crippen LogP contribution < -0.4 is 4.90 Å². The predicted octanol–water partition coefficient (Wildman–Crippen LogP) is 5.89. The standard InChI is InChI=1S/C21H17Cl2FN2OS/c22-14-1-6-18(23)17(13-14)19-7-8-20(27-19)21(28)26-11-9-25(10-12-26)16-4-2-15(24)3-5-16/h1-8,13H,9-12H2. The molecule has 0 spiro atoms. The molecule has 28 heavy (non-hydrogen) atoms. The summed E-state index contributed by atoms with van der Waals surface area (Å²) in [6.07, 6.45) is 0. The van der Waals surface area contributed by atoms with Crippen LogP contribution in [0.3, 0.4) is 0 Å². The predicted molar refractivity (Wildman–Crippen MR) is 116 cm³/mol. The molecule has 0 bridgehead atoms.